The minimum Gasteiger partial charge on any atom is -0.478 e. The van der Waals surface area contributed by atoms with Crippen molar-refractivity contribution in [2.45, 2.75) is 16.2 Å². The Morgan fingerprint density at radius 3 is 2.94 bits per heavy atom. The molecule has 0 saturated heterocycles. The maximum atomic E-state index is 11.0. The molecule has 18 heavy (non-hydrogen) atoms. The van der Waals surface area contributed by atoms with Crippen molar-refractivity contribution in [3.8, 4) is 0 Å². The van der Waals surface area contributed by atoms with E-state index in [2.05, 4.69) is 17.0 Å². The van der Waals surface area contributed by atoms with Crippen LogP contribution in [-0.4, -0.2) is 29.4 Å². The van der Waals surface area contributed by atoms with Gasteiger partial charge in [0.25, 0.3) is 0 Å². The second-order valence-corrected chi connectivity index (χ2v) is 5.66. The van der Waals surface area contributed by atoms with Crippen molar-refractivity contribution in [3.63, 3.8) is 0 Å². The van der Waals surface area contributed by atoms with E-state index in [9.17, 15) is 4.79 Å². The number of hydrogen-bond acceptors (Lipinski definition) is 3. The largest absolute Gasteiger partial charge is 0.478 e. The Hall–Kier alpha value is -1.68. The average Bonchev–Trinajstić information content (AvgIpc) is 2.38. The first-order chi connectivity index (χ1) is 8.66. The zero-order valence-electron chi connectivity index (χ0n) is 9.91. The molecule has 3 nitrogen and oxygen atoms in total. The third-order valence-electron chi connectivity index (χ3n) is 3.35. The highest BCUT2D eigenvalue weighted by molar-refractivity contribution is 8.00. The molecule has 0 bridgehead atoms. The van der Waals surface area contributed by atoms with Crippen LogP contribution in [0.5, 0.6) is 0 Å². The number of nitrogens with zero attached hydrogens (tertiary/aromatic N) is 1. The molecular weight excluding hydrogens is 246 g/mol. The van der Waals surface area contributed by atoms with E-state index in [1.54, 1.807) is 17.8 Å². The third-order valence-corrected chi connectivity index (χ3v) is 4.66. The second kappa shape index (κ2) is 4.21. The fourth-order valence-electron chi connectivity index (χ4n) is 2.39. The van der Waals surface area contributed by atoms with E-state index >= 15 is 0 Å². The van der Waals surface area contributed by atoms with Gasteiger partial charge in [-0.1, -0.05) is 24.3 Å². The van der Waals surface area contributed by atoms with Crippen LogP contribution in [0.25, 0.3) is 0 Å². The van der Waals surface area contributed by atoms with Crippen LogP contribution in [0.15, 0.2) is 53.0 Å². The maximum Gasteiger partial charge on any atom is 0.335 e. The fourth-order valence-corrected chi connectivity index (χ4v) is 3.73. The van der Waals surface area contributed by atoms with Gasteiger partial charge >= 0.3 is 5.97 Å². The van der Waals surface area contributed by atoms with E-state index in [0.717, 1.165) is 0 Å². The molecule has 0 fully saturated rings. The summed E-state index contributed by atoms with van der Waals surface area (Å²) in [6.45, 7) is 0. The van der Waals surface area contributed by atoms with Crippen molar-refractivity contribution >= 4 is 23.4 Å². The molecule has 0 aromatic heterocycles. The summed E-state index contributed by atoms with van der Waals surface area (Å²) in [5.74, 6) is -0.859. The molecule has 1 N–H and O–H groups in total. The Morgan fingerprint density at radius 2 is 2.17 bits per heavy atom. The highest BCUT2D eigenvalue weighted by Gasteiger charge is 2.32. The van der Waals surface area contributed by atoms with Gasteiger partial charge in [0.2, 0.25) is 0 Å². The van der Waals surface area contributed by atoms with Crippen LogP contribution < -0.4 is 4.90 Å². The molecule has 0 radical (unpaired) electrons. The van der Waals surface area contributed by atoms with Gasteiger partial charge in [-0.05, 0) is 18.2 Å². The van der Waals surface area contributed by atoms with E-state index in [1.165, 1.54) is 10.6 Å². The van der Waals surface area contributed by atoms with E-state index < -0.39 is 5.97 Å². The fraction of sp³-hybridized carbons (Fsp3) is 0.214. The molecule has 2 aliphatic rings. The first-order valence-corrected chi connectivity index (χ1v) is 6.66. The van der Waals surface area contributed by atoms with Gasteiger partial charge in [0.1, 0.15) is 0 Å². The van der Waals surface area contributed by atoms with Crippen LogP contribution in [0, 0.1) is 0 Å². The topological polar surface area (TPSA) is 40.5 Å². The molecule has 4 heteroatoms. The van der Waals surface area contributed by atoms with E-state index in [4.69, 9.17) is 5.11 Å². The van der Waals surface area contributed by atoms with Gasteiger partial charge in [0, 0.05) is 11.9 Å². The van der Waals surface area contributed by atoms with Crippen molar-refractivity contribution in [2.75, 3.05) is 11.9 Å². The number of benzene rings is 1. The standard InChI is InChI=1S/C14H13NO2S/c1-15-10-4-2-3-5-12(10)18-13-7-6-9(14(16)17)8-11(13)15/h2-8,11,13H,1H3,(H,16,17)/t11-,13+/m1/s1. The van der Waals surface area contributed by atoms with Crippen LogP contribution in [0.4, 0.5) is 5.69 Å². The van der Waals surface area contributed by atoms with Gasteiger partial charge in [-0.2, -0.15) is 0 Å². The molecule has 92 valence electrons. The number of para-hydroxylation sites is 1. The number of carboxylic acid groups (broad SMARTS) is 1. The summed E-state index contributed by atoms with van der Waals surface area (Å²) in [7, 11) is 2.02. The number of anilines is 1. The number of carboxylic acids is 1. The molecule has 1 aromatic carbocycles. The van der Waals surface area contributed by atoms with Crippen molar-refractivity contribution < 1.29 is 9.90 Å². The van der Waals surface area contributed by atoms with Crippen molar-refractivity contribution in [1.82, 2.24) is 0 Å². The first-order valence-electron chi connectivity index (χ1n) is 5.78. The molecular formula is C14H13NO2S. The number of likely N-dealkylation sites (N-methyl/N-ethyl adjacent to an activating group) is 1. The number of hydrogen-bond donors (Lipinski definition) is 1. The van der Waals surface area contributed by atoms with Crippen LogP contribution >= 0.6 is 11.8 Å². The molecule has 1 aromatic rings. The number of rotatable bonds is 1. The van der Waals surface area contributed by atoms with Gasteiger partial charge in [0.05, 0.1) is 22.6 Å². The molecule has 1 aliphatic heterocycles. The Morgan fingerprint density at radius 1 is 1.39 bits per heavy atom. The Kier molecular flexibility index (Phi) is 2.67. The van der Waals surface area contributed by atoms with Crippen molar-refractivity contribution in [3.05, 3.63) is 48.1 Å². The second-order valence-electron chi connectivity index (χ2n) is 4.44. The SMILES string of the molecule is CN1c2ccccc2S[C@H]2C=CC(C(=O)O)=C[C@H]21. The molecule has 0 spiro atoms. The summed E-state index contributed by atoms with van der Waals surface area (Å²) in [4.78, 5) is 14.4. The predicted molar refractivity (Wildman–Crippen MR) is 73.1 cm³/mol. The van der Waals surface area contributed by atoms with Crippen LogP contribution in [0.2, 0.25) is 0 Å². The zero-order chi connectivity index (χ0) is 12.7. The lowest BCUT2D eigenvalue weighted by atomic mass is 10.00. The van der Waals surface area contributed by atoms with Gasteiger partial charge in [-0.15, -0.1) is 11.8 Å². The summed E-state index contributed by atoms with van der Waals surface area (Å²) in [6, 6.07) is 8.34. The summed E-state index contributed by atoms with van der Waals surface area (Å²) in [6.07, 6.45) is 5.54. The highest BCUT2D eigenvalue weighted by atomic mass is 32.2. The lowest BCUT2D eigenvalue weighted by Gasteiger charge is -2.40. The molecule has 0 amide bonds. The third kappa shape index (κ3) is 1.73. The lowest BCUT2D eigenvalue weighted by Crippen LogP contribution is -2.42. The van der Waals surface area contributed by atoms with Gasteiger partial charge in [-0.25, -0.2) is 4.79 Å². The quantitative estimate of drug-likeness (QED) is 0.841. The lowest BCUT2D eigenvalue weighted by molar-refractivity contribution is -0.132. The average molecular weight is 259 g/mol. The Bertz CT molecular complexity index is 565. The Labute approximate surface area is 110 Å². The molecule has 0 saturated carbocycles. The smallest absolute Gasteiger partial charge is 0.335 e. The number of fused-ring (bicyclic) bond motifs is 2. The van der Waals surface area contributed by atoms with Crippen molar-refractivity contribution in [1.29, 1.82) is 0 Å². The normalized spacial score (nSPS) is 25.2. The molecule has 1 heterocycles. The van der Waals surface area contributed by atoms with Crippen LogP contribution in [-0.2, 0) is 4.79 Å². The first kappa shape index (κ1) is 11.4. The van der Waals surface area contributed by atoms with Crippen LogP contribution in [0.3, 0.4) is 0 Å². The van der Waals surface area contributed by atoms with Gasteiger partial charge in [-0.3, -0.25) is 0 Å². The molecule has 3 rings (SSSR count). The van der Waals surface area contributed by atoms with Crippen LogP contribution in [0.1, 0.15) is 0 Å². The summed E-state index contributed by atoms with van der Waals surface area (Å²) >= 11 is 1.79. The minimum absolute atomic E-state index is 0.112. The number of carbonyl (C=O) groups is 1. The monoisotopic (exact) mass is 259 g/mol. The highest BCUT2D eigenvalue weighted by Crippen LogP contribution is 2.43. The summed E-state index contributed by atoms with van der Waals surface area (Å²) < 4.78 is 0. The van der Waals surface area contributed by atoms with E-state index in [1.807, 2.05) is 31.3 Å². The van der Waals surface area contributed by atoms with Gasteiger partial charge in [0.15, 0.2) is 0 Å². The molecule has 2 atom stereocenters. The van der Waals surface area contributed by atoms with Crippen molar-refractivity contribution in [2.24, 2.45) is 0 Å². The molecule has 0 unspecified atom stereocenters. The predicted octanol–water partition coefficient (Wildman–Crippen LogP) is 2.55. The zero-order valence-corrected chi connectivity index (χ0v) is 10.7. The minimum atomic E-state index is -0.859. The number of aliphatic carboxylic acids is 1. The maximum absolute atomic E-state index is 11.0. The van der Waals surface area contributed by atoms with E-state index in [-0.39, 0.29) is 11.3 Å². The van der Waals surface area contributed by atoms with Gasteiger partial charge < -0.3 is 10.0 Å². The summed E-state index contributed by atoms with van der Waals surface area (Å²) in [5.41, 5.74) is 1.54. The Balaban J connectivity index is 2.02. The van der Waals surface area contributed by atoms with E-state index in [0.29, 0.717) is 5.57 Å². The summed E-state index contributed by atoms with van der Waals surface area (Å²) in [5, 5.41) is 9.35. The number of thioether (sulfide) groups is 1. The molecule has 1 aliphatic carbocycles.